The summed E-state index contributed by atoms with van der Waals surface area (Å²) in [5.74, 6) is 0. The van der Waals surface area contributed by atoms with E-state index in [0.29, 0.717) is 4.47 Å². The summed E-state index contributed by atoms with van der Waals surface area (Å²) >= 11 is 3.05. The molecule has 5 nitrogen and oxygen atoms in total. The summed E-state index contributed by atoms with van der Waals surface area (Å²) < 4.78 is 0.543. The molecule has 0 atom stereocenters. The monoisotopic (exact) mass is 230 g/mol. The third kappa shape index (κ3) is 1.65. The van der Waals surface area contributed by atoms with Crippen LogP contribution in [-0.2, 0) is 0 Å². The standard InChI is InChI=1S/C6H3BrN2O3/c7-4-1-2-5(8-10)6(3-4)9(11)12/h1-3H. The van der Waals surface area contributed by atoms with Crippen LogP contribution in [0.4, 0.5) is 11.4 Å². The largest absolute Gasteiger partial charge is 0.299 e. The summed E-state index contributed by atoms with van der Waals surface area (Å²) in [6.07, 6.45) is 0. The molecular weight excluding hydrogens is 228 g/mol. The maximum atomic E-state index is 10.3. The maximum absolute atomic E-state index is 10.3. The maximum Gasteiger partial charge on any atom is 0.299 e. The van der Waals surface area contributed by atoms with Gasteiger partial charge in [-0.15, -0.1) is 4.91 Å². The van der Waals surface area contributed by atoms with Gasteiger partial charge in [0.05, 0.1) is 4.92 Å². The van der Waals surface area contributed by atoms with Crippen molar-refractivity contribution in [3.8, 4) is 0 Å². The smallest absolute Gasteiger partial charge is 0.258 e. The van der Waals surface area contributed by atoms with E-state index in [-0.39, 0.29) is 11.4 Å². The zero-order chi connectivity index (χ0) is 9.14. The van der Waals surface area contributed by atoms with Gasteiger partial charge in [-0.1, -0.05) is 15.9 Å². The van der Waals surface area contributed by atoms with Crippen LogP contribution < -0.4 is 0 Å². The molecule has 0 aliphatic heterocycles. The molecule has 0 fully saturated rings. The predicted octanol–water partition coefficient (Wildman–Crippen LogP) is 2.76. The van der Waals surface area contributed by atoms with Crippen LogP contribution in [0.25, 0.3) is 0 Å². The van der Waals surface area contributed by atoms with E-state index in [9.17, 15) is 15.0 Å². The lowest BCUT2D eigenvalue weighted by Gasteiger charge is -1.93. The van der Waals surface area contributed by atoms with Crippen LogP contribution in [-0.4, -0.2) is 4.92 Å². The average Bonchev–Trinajstić information content (AvgIpc) is 2.04. The van der Waals surface area contributed by atoms with Gasteiger partial charge in [-0.25, -0.2) is 0 Å². The Balaban J connectivity index is 3.30. The van der Waals surface area contributed by atoms with Crippen molar-refractivity contribution in [3.05, 3.63) is 37.7 Å². The Morgan fingerprint density at radius 3 is 2.67 bits per heavy atom. The number of nitro benzene ring substituents is 1. The summed E-state index contributed by atoms with van der Waals surface area (Å²) in [5, 5.41) is 12.8. The molecule has 0 amide bonds. The minimum absolute atomic E-state index is 0.164. The lowest BCUT2D eigenvalue weighted by Crippen LogP contribution is -1.87. The van der Waals surface area contributed by atoms with Gasteiger partial charge in [0, 0.05) is 10.5 Å². The lowest BCUT2D eigenvalue weighted by atomic mass is 10.3. The minimum Gasteiger partial charge on any atom is -0.258 e. The van der Waals surface area contributed by atoms with Gasteiger partial charge >= 0.3 is 0 Å². The quantitative estimate of drug-likeness (QED) is 0.446. The zero-order valence-corrected chi connectivity index (χ0v) is 7.32. The Morgan fingerprint density at radius 2 is 2.17 bits per heavy atom. The van der Waals surface area contributed by atoms with Gasteiger partial charge in [-0.3, -0.25) is 10.1 Å². The number of hydrogen-bond acceptors (Lipinski definition) is 4. The molecule has 0 aromatic heterocycles. The van der Waals surface area contributed by atoms with E-state index < -0.39 is 4.92 Å². The van der Waals surface area contributed by atoms with E-state index in [2.05, 4.69) is 21.1 Å². The Bertz CT molecular complexity index is 340. The second-order valence-electron chi connectivity index (χ2n) is 1.98. The molecule has 12 heavy (non-hydrogen) atoms. The molecule has 0 spiro atoms. The van der Waals surface area contributed by atoms with Crippen LogP contribution in [0.2, 0.25) is 0 Å². The molecule has 62 valence electrons. The summed E-state index contributed by atoms with van der Waals surface area (Å²) in [7, 11) is 0. The van der Waals surface area contributed by atoms with Crippen molar-refractivity contribution >= 4 is 27.3 Å². The van der Waals surface area contributed by atoms with Crippen LogP contribution in [0.3, 0.4) is 0 Å². The highest BCUT2D eigenvalue weighted by Crippen LogP contribution is 2.29. The number of nitroso groups, excluding NO2 is 1. The van der Waals surface area contributed by atoms with Gasteiger partial charge in [0.1, 0.15) is 0 Å². The number of benzene rings is 1. The van der Waals surface area contributed by atoms with Gasteiger partial charge in [0.15, 0.2) is 5.69 Å². The molecule has 0 aliphatic rings. The molecular formula is C6H3BrN2O3. The molecule has 0 saturated heterocycles. The van der Waals surface area contributed by atoms with Gasteiger partial charge in [-0.2, -0.15) is 0 Å². The minimum atomic E-state index is -0.651. The third-order valence-corrected chi connectivity index (χ3v) is 1.73. The normalized spacial score (nSPS) is 9.42. The highest BCUT2D eigenvalue weighted by Gasteiger charge is 2.13. The summed E-state index contributed by atoms with van der Waals surface area (Å²) in [6, 6.07) is 4.04. The molecule has 0 radical (unpaired) electrons. The number of nitro groups is 1. The van der Waals surface area contributed by atoms with Crippen LogP contribution in [0.5, 0.6) is 0 Å². The fraction of sp³-hybridized carbons (Fsp3) is 0. The van der Waals surface area contributed by atoms with Crippen molar-refractivity contribution in [2.45, 2.75) is 0 Å². The van der Waals surface area contributed by atoms with Crippen molar-refractivity contribution in [2.75, 3.05) is 0 Å². The van der Waals surface area contributed by atoms with Crippen LogP contribution in [0, 0.1) is 15.0 Å². The lowest BCUT2D eigenvalue weighted by molar-refractivity contribution is -0.384. The van der Waals surface area contributed by atoms with Crippen molar-refractivity contribution in [1.82, 2.24) is 0 Å². The van der Waals surface area contributed by atoms with Crippen LogP contribution in [0.15, 0.2) is 27.8 Å². The van der Waals surface area contributed by atoms with E-state index in [4.69, 9.17) is 0 Å². The van der Waals surface area contributed by atoms with Crippen LogP contribution >= 0.6 is 15.9 Å². The highest BCUT2D eigenvalue weighted by molar-refractivity contribution is 9.10. The summed E-state index contributed by atoms with van der Waals surface area (Å²) in [5.41, 5.74) is -0.456. The zero-order valence-electron chi connectivity index (χ0n) is 5.73. The number of halogens is 1. The van der Waals surface area contributed by atoms with E-state index in [1.165, 1.54) is 18.2 Å². The molecule has 6 heteroatoms. The summed E-state index contributed by atoms with van der Waals surface area (Å²) in [6.45, 7) is 0. The Hall–Kier alpha value is -1.30. The molecule has 0 heterocycles. The van der Waals surface area contributed by atoms with Gasteiger partial charge in [0.25, 0.3) is 5.69 Å². The first kappa shape index (κ1) is 8.79. The highest BCUT2D eigenvalue weighted by atomic mass is 79.9. The van der Waals surface area contributed by atoms with Crippen molar-refractivity contribution in [2.24, 2.45) is 5.18 Å². The molecule has 0 N–H and O–H groups in total. The Labute approximate surface area is 75.6 Å². The first-order chi connectivity index (χ1) is 5.65. The molecule has 0 saturated carbocycles. The van der Waals surface area contributed by atoms with Crippen molar-refractivity contribution in [3.63, 3.8) is 0 Å². The van der Waals surface area contributed by atoms with Crippen molar-refractivity contribution < 1.29 is 4.92 Å². The Morgan fingerprint density at radius 1 is 1.50 bits per heavy atom. The second-order valence-corrected chi connectivity index (χ2v) is 2.90. The predicted molar refractivity (Wildman–Crippen MR) is 46.3 cm³/mol. The molecule has 1 rings (SSSR count). The molecule has 0 bridgehead atoms. The van der Waals surface area contributed by atoms with E-state index in [1.807, 2.05) is 0 Å². The van der Waals surface area contributed by atoms with E-state index in [1.54, 1.807) is 0 Å². The van der Waals surface area contributed by atoms with Crippen LogP contribution in [0.1, 0.15) is 0 Å². The van der Waals surface area contributed by atoms with Crippen molar-refractivity contribution in [1.29, 1.82) is 0 Å². The van der Waals surface area contributed by atoms with E-state index >= 15 is 0 Å². The number of nitrogens with zero attached hydrogens (tertiary/aromatic N) is 2. The molecule has 1 aromatic carbocycles. The topological polar surface area (TPSA) is 72.6 Å². The van der Waals surface area contributed by atoms with Gasteiger partial charge < -0.3 is 0 Å². The number of hydrogen-bond donors (Lipinski definition) is 0. The van der Waals surface area contributed by atoms with Gasteiger partial charge in [-0.05, 0) is 17.3 Å². The van der Waals surface area contributed by atoms with Gasteiger partial charge in [0.2, 0.25) is 0 Å². The third-order valence-electron chi connectivity index (χ3n) is 1.23. The fourth-order valence-corrected chi connectivity index (χ4v) is 1.07. The average molecular weight is 231 g/mol. The first-order valence-electron chi connectivity index (χ1n) is 2.92. The number of rotatable bonds is 2. The first-order valence-corrected chi connectivity index (χ1v) is 3.71. The molecule has 0 aliphatic carbocycles. The molecule has 0 unspecified atom stereocenters. The fourth-order valence-electron chi connectivity index (χ4n) is 0.720. The second kappa shape index (κ2) is 3.40. The Kier molecular flexibility index (Phi) is 2.49. The molecule has 1 aromatic rings. The SMILES string of the molecule is O=Nc1ccc(Br)cc1[N+](=O)[O-]. The van der Waals surface area contributed by atoms with E-state index in [0.717, 1.165) is 0 Å². The summed E-state index contributed by atoms with van der Waals surface area (Å²) in [4.78, 5) is 19.7.